The molecule has 0 radical (unpaired) electrons. The second kappa shape index (κ2) is 24.3. The van der Waals surface area contributed by atoms with E-state index in [-0.39, 0.29) is 39.1 Å². The minimum Gasteiger partial charge on any atom is -0.391 e. The molecule has 2 saturated heterocycles. The van der Waals surface area contributed by atoms with Gasteiger partial charge in [0.05, 0.1) is 12.2 Å². The molecule has 2 N–H and O–H groups in total. The zero-order chi connectivity index (χ0) is 56.9. The Morgan fingerprint density at radius 3 is 1.23 bits per heavy atom. The van der Waals surface area contributed by atoms with E-state index < -0.39 is 64.8 Å². The Morgan fingerprint density at radius 1 is 0.476 bits per heavy atom. The van der Waals surface area contributed by atoms with E-state index in [4.69, 9.17) is 28.4 Å². The maximum Gasteiger partial charge on any atom is 0.234 e. The Morgan fingerprint density at radius 2 is 0.829 bits per heavy atom. The summed E-state index contributed by atoms with van der Waals surface area (Å²) in [5, 5.41) is 24.9. The molecule has 12 heteroatoms. The van der Waals surface area contributed by atoms with Gasteiger partial charge >= 0.3 is 0 Å². The smallest absolute Gasteiger partial charge is 0.234 e. The van der Waals surface area contributed by atoms with Crippen molar-refractivity contribution in [2.24, 2.45) is 5.92 Å². The first-order chi connectivity index (χ1) is 40.1. The lowest BCUT2D eigenvalue weighted by atomic mass is 9.80. The molecule has 5 unspecified atom stereocenters. The van der Waals surface area contributed by atoms with E-state index >= 15 is 9.59 Å². The van der Waals surface area contributed by atoms with Crippen LogP contribution in [0, 0.1) is 5.92 Å². The van der Waals surface area contributed by atoms with Gasteiger partial charge in [-0.2, -0.15) is 0 Å². The molecule has 0 spiro atoms. The van der Waals surface area contributed by atoms with Crippen LogP contribution in [-0.4, -0.2) is 110 Å². The average molecular weight is 1100 g/mol. The van der Waals surface area contributed by atoms with Crippen molar-refractivity contribution in [1.29, 1.82) is 0 Å². The summed E-state index contributed by atoms with van der Waals surface area (Å²) in [7, 11) is 5.93. The van der Waals surface area contributed by atoms with Crippen molar-refractivity contribution < 1.29 is 48.2 Å². The number of Topliss-reactive ketones (excluding diaryl/α,β-unsaturated/α-hetero) is 2. The third-order valence-corrected chi connectivity index (χ3v) is 17.3. The Bertz CT molecular complexity index is 3220. The molecule has 3 aliphatic rings. The molecule has 420 valence electrons. The lowest BCUT2D eigenvalue weighted by Gasteiger charge is -2.42. The Hall–Kier alpha value is -7.30. The molecule has 2 aliphatic heterocycles. The summed E-state index contributed by atoms with van der Waals surface area (Å²) in [5.41, 5.74) is 7.85. The Balaban J connectivity index is 0.995. The molecular weight excluding hydrogens is 1030 g/mol. The van der Waals surface area contributed by atoms with Crippen LogP contribution < -0.4 is 0 Å². The number of rotatable bonds is 23. The van der Waals surface area contributed by atoms with Gasteiger partial charge in [-0.3, -0.25) is 9.59 Å². The quantitative estimate of drug-likeness (QED) is 0.0466. The van der Waals surface area contributed by atoms with Crippen molar-refractivity contribution >= 4 is 11.6 Å². The van der Waals surface area contributed by atoms with E-state index in [1.807, 2.05) is 206 Å². The van der Waals surface area contributed by atoms with Gasteiger partial charge in [0.1, 0.15) is 36.7 Å². The van der Waals surface area contributed by atoms with Gasteiger partial charge in [-0.25, -0.2) is 9.80 Å². The fraction of sp³-hybridized carbons (Fsp3) is 0.286. The number of aliphatic hydroxyl groups is 2. The summed E-state index contributed by atoms with van der Waals surface area (Å²) in [6, 6.07) is 71.2. The van der Waals surface area contributed by atoms with Gasteiger partial charge in [-0.15, -0.1) is 0 Å². The third kappa shape index (κ3) is 10.2. The van der Waals surface area contributed by atoms with Crippen molar-refractivity contribution in [3.63, 3.8) is 0 Å². The van der Waals surface area contributed by atoms with E-state index in [9.17, 15) is 10.2 Å². The number of likely N-dealkylation sites (tertiary alicyclic amines) is 2. The van der Waals surface area contributed by atoms with Crippen LogP contribution in [0.1, 0.15) is 69.3 Å². The van der Waals surface area contributed by atoms with Crippen LogP contribution in [0.3, 0.4) is 0 Å². The molecule has 8 aromatic rings. The van der Waals surface area contributed by atoms with Crippen LogP contribution in [0.5, 0.6) is 0 Å². The molecule has 82 heavy (non-hydrogen) atoms. The first kappa shape index (κ1) is 56.6. The van der Waals surface area contributed by atoms with Crippen molar-refractivity contribution in [2.45, 2.75) is 79.4 Å². The van der Waals surface area contributed by atoms with E-state index in [0.29, 0.717) is 6.42 Å². The van der Waals surface area contributed by atoms with E-state index in [1.165, 1.54) is 34.0 Å². The second-order valence-corrected chi connectivity index (χ2v) is 21.5. The molecule has 2 heterocycles. The summed E-state index contributed by atoms with van der Waals surface area (Å²) < 4.78 is 39.6. The topological polar surface area (TPSA) is 136 Å². The highest BCUT2D eigenvalue weighted by atomic mass is 16.7. The van der Waals surface area contributed by atoms with Gasteiger partial charge in [0.15, 0.2) is 11.6 Å². The second-order valence-electron chi connectivity index (χ2n) is 21.5. The lowest BCUT2D eigenvalue weighted by Crippen LogP contribution is -2.57. The SMILES string of the molecule is COC1(OC)CC(O)C(C(=O)CC(Cc2cccc3c2Cc2ccccc2-3)C(=O)C2C(O)CC(OC)(OC)N2COC(c2ccccc2)(c2ccccc2)c2ccccc2)N1COC(c1ccccc1)(c1ccccc1)c1ccccc1. The average Bonchev–Trinajstić information content (AvgIpc) is 4.26. The zero-order valence-corrected chi connectivity index (χ0v) is 46.8. The molecule has 2 fully saturated rings. The van der Waals surface area contributed by atoms with Gasteiger partial charge in [0, 0.05) is 53.6 Å². The summed E-state index contributed by atoms with van der Waals surface area (Å²) in [4.78, 5) is 35.6. The molecule has 0 bridgehead atoms. The van der Waals surface area contributed by atoms with Gasteiger partial charge in [0.25, 0.3) is 0 Å². The molecule has 0 aromatic heterocycles. The van der Waals surface area contributed by atoms with Gasteiger partial charge < -0.3 is 38.6 Å². The van der Waals surface area contributed by atoms with Gasteiger partial charge in [0.2, 0.25) is 11.8 Å². The van der Waals surface area contributed by atoms with E-state index in [1.54, 1.807) is 9.80 Å². The molecule has 5 atom stereocenters. The highest BCUT2D eigenvalue weighted by Crippen LogP contribution is 2.47. The largest absolute Gasteiger partial charge is 0.391 e. The number of ketones is 2. The predicted molar refractivity (Wildman–Crippen MR) is 313 cm³/mol. The molecule has 11 rings (SSSR count). The number of benzene rings is 8. The Kier molecular flexibility index (Phi) is 16.7. The maximum atomic E-state index is 16.4. The summed E-state index contributed by atoms with van der Waals surface area (Å²) in [6.07, 6.45) is -2.45. The minimum absolute atomic E-state index is 0.111. The predicted octanol–water partition coefficient (Wildman–Crippen LogP) is 10.6. The van der Waals surface area contributed by atoms with E-state index in [0.717, 1.165) is 55.6 Å². The first-order valence-electron chi connectivity index (χ1n) is 28.0. The number of hydrogen-bond donors (Lipinski definition) is 2. The molecule has 0 amide bonds. The van der Waals surface area contributed by atoms with Gasteiger partial charge in [-0.1, -0.05) is 224 Å². The number of ether oxygens (including phenoxy) is 6. The number of nitrogens with zero attached hydrogens (tertiary/aromatic N) is 2. The van der Waals surface area contributed by atoms with Crippen molar-refractivity contribution in [3.05, 3.63) is 275 Å². The number of aliphatic hydroxyl groups excluding tert-OH is 2. The Labute approximate surface area is 480 Å². The van der Waals surface area contributed by atoms with E-state index in [2.05, 4.69) is 18.2 Å². The minimum atomic E-state index is -1.64. The normalized spacial score (nSPS) is 19.8. The number of carbonyl (C=O) groups excluding carboxylic acids is 2. The van der Waals surface area contributed by atoms with Crippen LogP contribution in [-0.2, 0) is 62.1 Å². The molecule has 1 aliphatic carbocycles. The van der Waals surface area contributed by atoms with Crippen molar-refractivity contribution in [3.8, 4) is 11.1 Å². The number of carbonyl (C=O) groups is 2. The zero-order valence-electron chi connectivity index (χ0n) is 46.8. The fourth-order valence-electron chi connectivity index (χ4n) is 13.3. The first-order valence-corrected chi connectivity index (χ1v) is 28.0. The molecule has 0 saturated carbocycles. The fourth-order valence-corrected chi connectivity index (χ4v) is 13.3. The highest BCUT2D eigenvalue weighted by molar-refractivity contribution is 5.94. The molecule has 12 nitrogen and oxygen atoms in total. The molecular formula is C70H70N2O10. The van der Waals surface area contributed by atoms with Crippen LogP contribution in [0.25, 0.3) is 11.1 Å². The lowest BCUT2D eigenvalue weighted by molar-refractivity contribution is -0.304. The summed E-state index contributed by atoms with van der Waals surface area (Å²) >= 11 is 0. The number of fused-ring (bicyclic) bond motifs is 3. The highest BCUT2D eigenvalue weighted by Gasteiger charge is 2.59. The third-order valence-electron chi connectivity index (χ3n) is 17.3. The summed E-state index contributed by atoms with van der Waals surface area (Å²) in [5.74, 6) is -5.20. The standard InChI is InChI=1S/C70H70N2O10/c1-77-67(78-2)45-62(74)64(71(67)47-81-69(52-28-11-5-12-29-52,53-30-13-6-14-31-53)54-32-15-7-16-33-54)61(73)44-51(42-49-27-25-41-59-58-40-24-23-26-50(58)43-60(49)59)66(76)65-63(75)46-68(79-3,80-4)72(65)48-82-70(55-34-17-8-18-35-55,56-36-19-9-20-37-56)57-38-21-10-22-39-57/h5-41,51,62-65,74-75H,42-48H2,1-4H3. The van der Waals surface area contributed by atoms with Crippen molar-refractivity contribution in [1.82, 2.24) is 9.80 Å². The monoisotopic (exact) mass is 1100 g/mol. The summed E-state index contributed by atoms with van der Waals surface area (Å²) in [6.45, 7) is -0.535. The van der Waals surface area contributed by atoms with Crippen LogP contribution in [0.15, 0.2) is 224 Å². The molecule has 8 aromatic carbocycles. The van der Waals surface area contributed by atoms with Crippen LogP contribution in [0.2, 0.25) is 0 Å². The maximum absolute atomic E-state index is 16.4. The van der Waals surface area contributed by atoms with Gasteiger partial charge in [-0.05, 0) is 74.0 Å². The van der Waals surface area contributed by atoms with Crippen molar-refractivity contribution in [2.75, 3.05) is 41.9 Å². The van der Waals surface area contributed by atoms with Crippen LogP contribution >= 0.6 is 0 Å². The number of hydrogen-bond acceptors (Lipinski definition) is 12. The van der Waals surface area contributed by atoms with Crippen LogP contribution in [0.4, 0.5) is 0 Å². The number of methoxy groups -OCH3 is 4.